The maximum atomic E-state index is 12.5. The molecule has 7 nitrogen and oxygen atoms in total. The van der Waals surface area contributed by atoms with E-state index in [1.807, 2.05) is 30.3 Å². The minimum atomic E-state index is -1.02. The lowest BCUT2D eigenvalue weighted by atomic mass is 9.97. The lowest BCUT2D eigenvalue weighted by molar-refractivity contribution is -0.150. The van der Waals surface area contributed by atoms with E-state index < -0.39 is 35.6 Å². The van der Waals surface area contributed by atoms with E-state index in [-0.39, 0.29) is 13.0 Å². The fourth-order valence-electron chi connectivity index (χ4n) is 2.37. The minimum absolute atomic E-state index is 0.0655. The molecule has 0 aliphatic heterocycles. The van der Waals surface area contributed by atoms with Gasteiger partial charge in [-0.25, -0.2) is 9.59 Å². The van der Waals surface area contributed by atoms with Gasteiger partial charge in [-0.05, 0) is 39.2 Å². The van der Waals surface area contributed by atoms with Crippen LogP contribution in [-0.2, 0) is 30.4 Å². The molecule has 0 aliphatic rings. The summed E-state index contributed by atoms with van der Waals surface area (Å²) in [6, 6.07) is 8.17. The van der Waals surface area contributed by atoms with Gasteiger partial charge >= 0.3 is 18.0 Å². The Bertz CT molecular complexity index is 623. The first kappa shape index (κ1) is 22.5. The van der Waals surface area contributed by atoms with Crippen molar-refractivity contribution in [2.75, 3.05) is 7.11 Å². The number of alkyl carbamates (subject to hydrolysis) is 1. The van der Waals surface area contributed by atoms with E-state index in [1.54, 1.807) is 27.7 Å². The Balaban J connectivity index is 2.82. The highest BCUT2D eigenvalue weighted by atomic mass is 16.6. The molecule has 7 heteroatoms. The quantitative estimate of drug-likeness (QED) is 0.551. The number of amides is 1. The smallest absolute Gasteiger partial charge is 0.408 e. The molecule has 0 fully saturated rings. The summed E-state index contributed by atoms with van der Waals surface area (Å²) in [6.07, 6.45) is -0.217. The van der Waals surface area contributed by atoms with Crippen LogP contribution in [0, 0.1) is 5.92 Å². The molecule has 0 spiro atoms. The van der Waals surface area contributed by atoms with Crippen LogP contribution in [0.4, 0.5) is 4.79 Å². The van der Waals surface area contributed by atoms with Gasteiger partial charge in [0.15, 0.2) is 0 Å². The van der Waals surface area contributed by atoms with E-state index in [9.17, 15) is 14.4 Å². The normalized spacial score (nSPS) is 13.2. The Morgan fingerprint density at radius 2 is 1.70 bits per heavy atom. The van der Waals surface area contributed by atoms with Crippen LogP contribution < -0.4 is 5.32 Å². The minimum Gasteiger partial charge on any atom is -0.469 e. The summed E-state index contributed by atoms with van der Waals surface area (Å²) in [5.74, 6) is -1.62. The number of methoxy groups -OCH3 is 1. The first-order chi connectivity index (χ1) is 12.7. The van der Waals surface area contributed by atoms with E-state index >= 15 is 0 Å². The standard InChI is InChI=1S/C20H29NO6/c1-6-15(17(22)25-5)12-16(21-19(24)27-20(2,3)4)18(23)26-13-14-10-8-7-9-11-14/h7-11,15-16H,6,12-13H2,1-5H3,(H,21,24)/t15-,16-/m0/s1. The fraction of sp³-hybridized carbons (Fsp3) is 0.550. The van der Waals surface area contributed by atoms with Gasteiger partial charge in [-0.15, -0.1) is 0 Å². The van der Waals surface area contributed by atoms with Gasteiger partial charge in [-0.2, -0.15) is 0 Å². The lowest BCUT2D eigenvalue weighted by Crippen LogP contribution is -2.45. The van der Waals surface area contributed by atoms with Crippen LogP contribution in [0.1, 0.15) is 46.1 Å². The molecule has 0 saturated heterocycles. The molecule has 0 saturated carbocycles. The highest BCUT2D eigenvalue weighted by Gasteiger charge is 2.31. The van der Waals surface area contributed by atoms with E-state index in [2.05, 4.69) is 5.32 Å². The predicted octanol–water partition coefficient (Wildman–Crippen LogP) is 3.21. The van der Waals surface area contributed by atoms with Crippen LogP contribution in [0.25, 0.3) is 0 Å². The number of nitrogens with one attached hydrogen (secondary N) is 1. The first-order valence-corrected chi connectivity index (χ1v) is 8.94. The number of benzene rings is 1. The third-order valence-electron chi connectivity index (χ3n) is 3.75. The van der Waals surface area contributed by atoms with Gasteiger partial charge in [0.05, 0.1) is 13.0 Å². The molecule has 2 atom stereocenters. The topological polar surface area (TPSA) is 90.9 Å². The largest absolute Gasteiger partial charge is 0.469 e. The van der Waals surface area contributed by atoms with Crippen molar-refractivity contribution in [3.63, 3.8) is 0 Å². The van der Waals surface area contributed by atoms with Gasteiger partial charge in [0.2, 0.25) is 0 Å². The Kier molecular flexibility index (Phi) is 8.78. The Morgan fingerprint density at radius 3 is 2.22 bits per heavy atom. The molecule has 0 aromatic heterocycles. The summed E-state index contributed by atoms with van der Waals surface area (Å²) in [5, 5.41) is 2.51. The molecule has 1 aromatic carbocycles. The van der Waals surface area contributed by atoms with Crippen molar-refractivity contribution in [3.8, 4) is 0 Å². The van der Waals surface area contributed by atoms with Crippen molar-refractivity contribution in [3.05, 3.63) is 35.9 Å². The SMILES string of the molecule is CC[C@@H](C[C@H](NC(=O)OC(C)(C)C)C(=O)OCc1ccccc1)C(=O)OC. The van der Waals surface area contributed by atoms with E-state index in [0.717, 1.165) is 5.56 Å². The van der Waals surface area contributed by atoms with Crippen LogP contribution in [0.5, 0.6) is 0 Å². The molecule has 0 heterocycles. The molecule has 1 rings (SSSR count). The van der Waals surface area contributed by atoms with Gasteiger partial charge in [0.1, 0.15) is 18.2 Å². The van der Waals surface area contributed by atoms with Crippen LogP contribution >= 0.6 is 0 Å². The maximum absolute atomic E-state index is 12.5. The zero-order chi connectivity index (χ0) is 20.4. The van der Waals surface area contributed by atoms with Gasteiger partial charge in [-0.3, -0.25) is 4.79 Å². The maximum Gasteiger partial charge on any atom is 0.408 e. The van der Waals surface area contributed by atoms with E-state index in [4.69, 9.17) is 14.2 Å². The third kappa shape index (κ3) is 8.57. The van der Waals surface area contributed by atoms with E-state index in [0.29, 0.717) is 6.42 Å². The Morgan fingerprint density at radius 1 is 1.07 bits per heavy atom. The van der Waals surface area contributed by atoms with Crippen molar-refractivity contribution in [2.24, 2.45) is 5.92 Å². The zero-order valence-electron chi connectivity index (χ0n) is 16.6. The van der Waals surface area contributed by atoms with Crippen LogP contribution in [0.3, 0.4) is 0 Å². The summed E-state index contributed by atoms with van der Waals surface area (Å²) in [7, 11) is 1.29. The first-order valence-electron chi connectivity index (χ1n) is 8.94. The summed E-state index contributed by atoms with van der Waals surface area (Å²) in [6.45, 7) is 7.04. The van der Waals surface area contributed by atoms with Crippen LogP contribution in [0.15, 0.2) is 30.3 Å². The number of ether oxygens (including phenoxy) is 3. The molecular weight excluding hydrogens is 350 g/mol. The molecule has 1 N–H and O–H groups in total. The zero-order valence-corrected chi connectivity index (χ0v) is 16.6. The summed E-state index contributed by atoms with van der Waals surface area (Å²) < 4.78 is 15.3. The van der Waals surface area contributed by atoms with Gasteiger partial charge < -0.3 is 19.5 Å². The third-order valence-corrected chi connectivity index (χ3v) is 3.75. The summed E-state index contributed by atoms with van der Waals surface area (Å²) in [4.78, 5) is 36.5. The van der Waals surface area contributed by atoms with Crippen LogP contribution in [-0.4, -0.2) is 36.8 Å². The lowest BCUT2D eigenvalue weighted by Gasteiger charge is -2.24. The molecule has 150 valence electrons. The number of carbonyl (C=O) groups is 3. The number of rotatable bonds is 8. The monoisotopic (exact) mass is 379 g/mol. The van der Waals surface area contributed by atoms with Crippen molar-refractivity contribution in [1.29, 1.82) is 0 Å². The molecule has 27 heavy (non-hydrogen) atoms. The predicted molar refractivity (Wildman–Crippen MR) is 99.8 cm³/mol. The molecule has 0 radical (unpaired) electrons. The second-order valence-corrected chi connectivity index (χ2v) is 7.16. The number of hydrogen-bond donors (Lipinski definition) is 1. The summed E-state index contributed by atoms with van der Waals surface area (Å²) in [5.41, 5.74) is 0.108. The molecular formula is C20H29NO6. The van der Waals surface area contributed by atoms with Gasteiger partial charge in [0.25, 0.3) is 0 Å². The average Bonchev–Trinajstić information content (AvgIpc) is 2.61. The van der Waals surface area contributed by atoms with Crippen molar-refractivity contribution < 1.29 is 28.6 Å². The van der Waals surface area contributed by atoms with Crippen molar-refractivity contribution in [2.45, 2.75) is 58.8 Å². The summed E-state index contributed by atoms with van der Waals surface area (Å²) >= 11 is 0. The molecule has 1 amide bonds. The highest BCUT2D eigenvalue weighted by Crippen LogP contribution is 2.16. The average molecular weight is 379 g/mol. The van der Waals surface area contributed by atoms with E-state index in [1.165, 1.54) is 7.11 Å². The highest BCUT2D eigenvalue weighted by molar-refractivity contribution is 5.82. The molecule has 0 aliphatic carbocycles. The molecule has 0 bridgehead atoms. The molecule has 0 unspecified atom stereocenters. The Labute approximate surface area is 160 Å². The van der Waals surface area contributed by atoms with Gasteiger partial charge in [0, 0.05) is 0 Å². The second kappa shape index (κ2) is 10.5. The number of esters is 2. The molecule has 1 aromatic rings. The van der Waals surface area contributed by atoms with Crippen LogP contribution in [0.2, 0.25) is 0 Å². The Hall–Kier alpha value is -2.57. The number of carbonyl (C=O) groups excluding carboxylic acids is 3. The second-order valence-electron chi connectivity index (χ2n) is 7.16. The fourth-order valence-corrected chi connectivity index (χ4v) is 2.37. The van der Waals surface area contributed by atoms with Crippen molar-refractivity contribution in [1.82, 2.24) is 5.32 Å². The van der Waals surface area contributed by atoms with Crippen molar-refractivity contribution >= 4 is 18.0 Å². The van der Waals surface area contributed by atoms with Gasteiger partial charge in [-0.1, -0.05) is 37.3 Å². The number of hydrogen-bond acceptors (Lipinski definition) is 6.